The average Bonchev–Trinajstić information content (AvgIpc) is 2.43. The first kappa shape index (κ1) is 6.26. The van der Waals surface area contributed by atoms with Gasteiger partial charge in [0.25, 0.3) is 0 Å². The molecule has 3 heteroatoms. The van der Waals surface area contributed by atoms with Crippen molar-refractivity contribution < 1.29 is 9.84 Å². The smallest absolute Gasteiger partial charge is 0.103 e. The molecule has 8 heavy (non-hydrogen) atoms. The molecule has 1 fully saturated rings. The number of hydrogen-bond acceptors (Lipinski definition) is 2. The van der Waals surface area contributed by atoms with Crippen LogP contribution in [0.25, 0.3) is 0 Å². The molecule has 1 aliphatic heterocycles. The van der Waals surface area contributed by atoms with Gasteiger partial charge in [0, 0.05) is 0 Å². The molecule has 0 aromatic heterocycles. The van der Waals surface area contributed by atoms with E-state index < -0.39 is 8.80 Å². The van der Waals surface area contributed by atoms with Crippen LogP contribution in [-0.2, 0) is 4.74 Å². The Kier molecular flexibility index (Phi) is 1.70. The van der Waals surface area contributed by atoms with Crippen molar-refractivity contribution in [2.45, 2.75) is 24.9 Å². The summed E-state index contributed by atoms with van der Waals surface area (Å²) in [4.78, 5) is 0. The molecule has 1 aliphatic rings. The Bertz CT molecular complexity index is 78.5. The molecule has 0 aromatic carbocycles. The summed E-state index contributed by atoms with van der Waals surface area (Å²) in [5, 5.41) is 9.20. The molecule has 0 aromatic rings. The summed E-state index contributed by atoms with van der Waals surface area (Å²) in [5.41, 5.74) is -0.102. The van der Waals surface area contributed by atoms with Crippen molar-refractivity contribution in [2.24, 2.45) is 0 Å². The molecule has 1 rings (SSSR count). The summed E-state index contributed by atoms with van der Waals surface area (Å²) in [6, 6.07) is 0. The molecule has 0 amide bonds. The van der Waals surface area contributed by atoms with Gasteiger partial charge >= 0.3 is 0 Å². The number of rotatable bonds is 2. The van der Waals surface area contributed by atoms with Crippen molar-refractivity contribution in [2.75, 3.05) is 6.61 Å². The zero-order chi connectivity index (χ0) is 6.15. The molecule has 1 N–H and O–H groups in total. The van der Waals surface area contributed by atoms with Gasteiger partial charge < -0.3 is 9.84 Å². The lowest BCUT2D eigenvalue weighted by Gasteiger charge is -2.07. The summed E-state index contributed by atoms with van der Waals surface area (Å²) >= 11 is 0. The standard InChI is InChI=1S/C5H12O2Si/c1-8(2)5(6)4-3-7-4/h4-6,8H,3H2,1-2H3. The maximum absolute atomic E-state index is 9.20. The lowest BCUT2D eigenvalue weighted by Crippen LogP contribution is -2.29. The fourth-order valence-electron chi connectivity index (χ4n) is 0.682. The molecule has 48 valence electrons. The van der Waals surface area contributed by atoms with Crippen molar-refractivity contribution >= 4 is 8.80 Å². The summed E-state index contributed by atoms with van der Waals surface area (Å²) < 4.78 is 4.92. The quantitative estimate of drug-likeness (QED) is 0.416. The average molecular weight is 132 g/mol. The van der Waals surface area contributed by atoms with Gasteiger partial charge in [0.05, 0.1) is 21.1 Å². The number of aliphatic hydroxyl groups excluding tert-OH is 1. The summed E-state index contributed by atoms with van der Waals surface area (Å²) in [5.74, 6) is 0. The Hall–Kier alpha value is 0.137. The van der Waals surface area contributed by atoms with Crippen molar-refractivity contribution in [3.8, 4) is 0 Å². The van der Waals surface area contributed by atoms with Crippen LogP contribution < -0.4 is 0 Å². The second-order valence-corrected chi connectivity index (χ2v) is 5.78. The van der Waals surface area contributed by atoms with E-state index in [1.54, 1.807) is 0 Å². The van der Waals surface area contributed by atoms with Crippen molar-refractivity contribution in [3.63, 3.8) is 0 Å². The van der Waals surface area contributed by atoms with Gasteiger partial charge in [0.2, 0.25) is 0 Å². The first-order valence-corrected chi connectivity index (χ1v) is 5.99. The van der Waals surface area contributed by atoms with E-state index in [9.17, 15) is 5.11 Å². The van der Waals surface area contributed by atoms with E-state index in [1.165, 1.54) is 0 Å². The maximum Gasteiger partial charge on any atom is 0.103 e. The molecule has 2 atom stereocenters. The largest absolute Gasteiger partial charge is 0.394 e. The van der Waals surface area contributed by atoms with Crippen LogP contribution in [0, 0.1) is 0 Å². The molecule has 0 bridgehead atoms. The van der Waals surface area contributed by atoms with Crippen molar-refractivity contribution in [1.82, 2.24) is 0 Å². The van der Waals surface area contributed by atoms with Crippen molar-refractivity contribution in [3.05, 3.63) is 0 Å². The predicted octanol–water partition coefficient (Wildman–Crippen LogP) is -0.228. The number of epoxide rings is 1. The van der Waals surface area contributed by atoms with Crippen molar-refractivity contribution in [1.29, 1.82) is 0 Å². The topological polar surface area (TPSA) is 32.8 Å². The molecule has 0 saturated carbocycles. The number of ether oxygens (including phenoxy) is 1. The van der Waals surface area contributed by atoms with Crippen LogP contribution in [0.2, 0.25) is 13.1 Å². The predicted molar refractivity (Wildman–Crippen MR) is 34.6 cm³/mol. The fraction of sp³-hybridized carbons (Fsp3) is 1.00. The minimum Gasteiger partial charge on any atom is -0.394 e. The van der Waals surface area contributed by atoms with Crippen LogP contribution in [0.4, 0.5) is 0 Å². The Morgan fingerprint density at radius 3 is 2.38 bits per heavy atom. The van der Waals surface area contributed by atoms with Crippen LogP contribution in [-0.4, -0.2) is 32.3 Å². The van der Waals surface area contributed by atoms with E-state index in [0.717, 1.165) is 6.61 Å². The molecule has 1 heterocycles. The molecule has 2 unspecified atom stereocenters. The third kappa shape index (κ3) is 1.31. The van der Waals surface area contributed by atoms with Gasteiger partial charge in [-0.15, -0.1) is 0 Å². The Morgan fingerprint density at radius 1 is 1.75 bits per heavy atom. The van der Waals surface area contributed by atoms with Gasteiger partial charge in [-0.2, -0.15) is 0 Å². The molecule has 0 spiro atoms. The molecular weight excluding hydrogens is 120 g/mol. The van der Waals surface area contributed by atoms with E-state index in [4.69, 9.17) is 4.74 Å². The van der Waals surface area contributed by atoms with Crippen LogP contribution in [0.1, 0.15) is 0 Å². The van der Waals surface area contributed by atoms with E-state index in [1.807, 2.05) is 0 Å². The second-order valence-electron chi connectivity index (χ2n) is 2.61. The van der Waals surface area contributed by atoms with E-state index in [2.05, 4.69) is 13.1 Å². The lowest BCUT2D eigenvalue weighted by atomic mass is 10.5. The summed E-state index contributed by atoms with van der Waals surface area (Å²) in [6.45, 7) is 5.05. The normalized spacial score (nSPS) is 30.8. The summed E-state index contributed by atoms with van der Waals surface area (Å²) in [6.07, 6.45) is 0.210. The summed E-state index contributed by atoms with van der Waals surface area (Å²) in [7, 11) is -0.829. The zero-order valence-electron chi connectivity index (χ0n) is 5.29. The SMILES string of the molecule is C[SiH](C)C(O)C1CO1. The molecule has 2 nitrogen and oxygen atoms in total. The Balaban J connectivity index is 2.22. The highest BCUT2D eigenvalue weighted by molar-refractivity contribution is 6.57. The highest BCUT2D eigenvalue weighted by Crippen LogP contribution is 2.15. The first-order chi connectivity index (χ1) is 3.72. The van der Waals surface area contributed by atoms with Crippen LogP contribution in [0.3, 0.4) is 0 Å². The minimum absolute atomic E-state index is 0.102. The second kappa shape index (κ2) is 2.17. The van der Waals surface area contributed by atoms with Gasteiger partial charge in [0.1, 0.15) is 6.10 Å². The first-order valence-electron chi connectivity index (χ1n) is 3.01. The van der Waals surface area contributed by atoms with E-state index >= 15 is 0 Å². The highest BCUT2D eigenvalue weighted by atomic mass is 28.3. The molecular formula is C5H12O2Si. The third-order valence-electron chi connectivity index (χ3n) is 1.42. The Morgan fingerprint density at radius 2 is 2.25 bits per heavy atom. The van der Waals surface area contributed by atoms with Crippen LogP contribution >= 0.6 is 0 Å². The van der Waals surface area contributed by atoms with Gasteiger partial charge in [-0.25, -0.2) is 0 Å². The molecule has 1 saturated heterocycles. The Labute approximate surface area is 51.1 Å². The van der Waals surface area contributed by atoms with Gasteiger partial charge in [-0.1, -0.05) is 13.1 Å². The molecule has 0 radical (unpaired) electrons. The van der Waals surface area contributed by atoms with Crippen LogP contribution in [0.5, 0.6) is 0 Å². The number of aliphatic hydroxyl groups is 1. The third-order valence-corrected chi connectivity index (χ3v) is 3.22. The van der Waals surface area contributed by atoms with E-state index in [0.29, 0.717) is 0 Å². The minimum atomic E-state index is -0.829. The molecule has 0 aliphatic carbocycles. The zero-order valence-corrected chi connectivity index (χ0v) is 6.45. The van der Waals surface area contributed by atoms with Gasteiger partial charge in [-0.05, 0) is 0 Å². The van der Waals surface area contributed by atoms with E-state index in [-0.39, 0.29) is 11.8 Å². The maximum atomic E-state index is 9.20. The fourth-order valence-corrected chi connectivity index (χ4v) is 1.76. The number of hydrogen-bond donors (Lipinski definition) is 1. The lowest BCUT2D eigenvalue weighted by molar-refractivity contribution is 0.200. The monoisotopic (exact) mass is 132 g/mol. The van der Waals surface area contributed by atoms with Gasteiger partial charge in [0.15, 0.2) is 0 Å². The highest BCUT2D eigenvalue weighted by Gasteiger charge is 2.33. The van der Waals surface area contributed by atoms with Crippen LogP contribution in [0.15, 0.2) is 0 Å². The van der Waals surface area contributed by atoms with Gasteiger partial charge in [-0.3, -0.25) is 0 Å².